The summed E-state index contributed by atoms with van der Waals surface area (Å²) in [5, 5.41) is 21.2. The molecule has 0 saturated heterocycles. The molecule has 1 amide bonds. The van der Waals surface area contributed by atoms with Crippen molar-refractivity contribution in [3.63, 3.8) is 0 Å². The van der Waals surface area contributed by atoms with Crippen molar-refractivity contribution in [1.29, 1.82) is 0 Å². The van der Waals surface area contributed by atoms with Crippen LogP contribution in [0.25, 0.3) is 0 Å². The second-order valence-corrected chi connectivity index (χ2v) is 6.32. The van der Waals surface area contributed by atoms with E-state index in [0.29, 0.717) is 11.3 Å². The molecule has 1 aliphatic rings. The van der Waals surface area contributed by atoms with Crippen LogP contribution >= 0.6 is 27.7 Å². The van der Waals surface area contributed by atoms with Crippen LogP contribution in [0.4, 0.5) is 5.69 Å². The lowest BCUT2D eigenvalue weighted by atomic mass is 10.1. The standard InChI is InChI=1S/C12H11BrN4O2S/c1-5-15-16-12(17(5)2)20-9-4-8-6(3-7(9)13)10(18)11(19)14-8/h3-4,10,18H,1-2H3,(H,14,19). The maximum atomic E-state index is 11.5. The Morgan fingerprint density at radius 3 is 2.85 bits per heavy atom. The van der Waals surface area contributed by atoms with Crippen LogP contribution in [-0.2, 0) is 11.8 Å². The quantitative estimate of drug-likeness (QED) is 0.862. The second kappa shape index (κ2) is 4.87. The first-order valence-corrected chi connectivity index (χ1v) is 7.44. The summed E-state index contributed by atoms with van der Waals surface area (Å²) in [7, 11) is 1.89. The number of hydrogen-bond acceptors (Lipinski definition) is 5. The summed E-state index contributed by atoms with van der Waals surface area (Å²) in [4.78, 5) is 12.4. The third-order valence-corrected chi connectivity index (χ3v) is 5.17. The lowest BCUT2D eigenvalue weighted by Crippen LogP contribution is -2.10. The molecule has 0 fully saturated rings. The van der Waals surface area contributed by atoms with E-state index in [1.54, 1.807) is 6.07 Å². The average molecular weight is 355 g/mol. The predicted octanol–water partition coefficient (Wildman–Crippen LogP) is 2.02. The number of nitrogens with zero attached hydrogens (tertiary/aromatic N) is 3. The molecule has 0 bridgehead atoms. The van der Waals surface area contributed by atoms with Crippen molar-refractivity contribution in [2.24, 2.45) is 7.05 Å². The molecule has 2 heterocycles. The number of anilines is 1. The summed E-state index contributed by atoms with van der Waals surface area (Å²) in [5.74, 6) is 0.428. The van der Waals surface area contributed by atoms with Gasteiger partial charge in [-0.3, -0.25) is 4.79 Å². The topological polar surface area (TPSA) is 80.0 Å². The number of aryl methyl sites for hydroxylation is 1. The third kappa shape index (κ3) is 2.13. The molecular formula is C12H11BrN4O2S. The van der Waals surface area contributed by atoms with Crippen molar-refractivity contribution >= 4 is 39.3 Å². The molecule has 1 aliphatic heterocycles. The van der Waals surface area contributed by atoms with Crippen LogP contribution in [0.3, 0.4) is 0 Å². The highest BCUT2D eigenvalue weighted by atomic mass is 79.9. The molecule has 6 nitrogen and oxygen atoms in total. The Morgan fingerprint density at radius 2 is 2.20 bits per heavy atom. The van der Waals surface area contributed by atoms with Crippen molar-refractivity contribution in [1.82, 2.24) is 14.8 Å². The minimum absolute atomic E-state index is 0.399. The van der Waals surface area contributed by atoms with E-state index in [1.807, 2.05) is 24.6 Å². The number of carbonyl (C=O) groups is 1. The normalized spacial score (nSPS) is 17.2. The summed E-state index contributed by atoms with van der Waals surface area (Å²) in [6, 6.07) is 3.58. The van der Waals surface area contributed by atoms with Crippen molar-refractivity contribution in [2.75, 3.05) is 5.32 Å². The van der Waals surface area contributed by atoms with Gasteiger partial charge in [-0.15, -0.1) is 10.2 Å². The Balaban J connectivity index is 1.98. The maximum absolute atomic E-state index is 11.5. The number of aliphatic hydroxyl groups is 1. The fourth-order valence-electron chi connectivity index (χ4n) is 1.90. The van der Waals surface area contributed by atoms with Crippen LogP contribution in [0, 0.1) is 6.92 Å². The molecule has 104 valence electrons. The van der Waals surface area contributed by atoms with Crippen LogP contribution in [0.1, 0.15) is 17.5 Å². The number of benzene rings is 1. The Labute approximate surface area is 127 Å². The zero-order valence-corrected chi connectivity index (χ0v) is 13.1. The predicted molar refractivity (Wildman–Crippen MR) is 77.6 cm³/mol. The Hall–Kier alpha value is -1.38. The van der Waals surface area contributed by atoms with Crippen LogP contribution in [0.2, 0.25) is 0 Å². The Kier molecular flexibility index (Phi) is 3.31. The van der Waals surface area contributed by atoms with Crippen molar-refractivity contribution in [2.45, 2.75) is 23.1 Å². The summed E-state index contributed by atoms with van der Waals surface area (Å²) in [6.07, 6.45) is -1.10. The monoisotopic (exact) mass is 354 g/mol. The fourth-order valence-corrected chi connectivity index (χ4v) is 3.38. The molecule has 3 rings (SSSR count). The van der Waals surface area contributed by atoms with Gasteiger partial charge in [-0.05, 0) is 46.7 Å². The smallest absolute Gasteiger partial charge is 0.257 e. The third-order valence-electron chi connectivity index (χ3n) is 3.16. The molecule has 0 spiro atoms. The lowest BCUT2D eigenvalue weighted by Gasteiger charge is -2.07. The molecule has 1 atom stereocenters. The number of amides is 1. The van der Waals surface area contributed by atoms with Crippen molar-refractivity contribution < 1.29 is 9.90 Å². The highest BCUT2D eigenvalue weighted by molar-refractivity contribution is 9.10. The SMILES string of the molecule is Cc1nnc(Sc2cc3c(cc2Br)C(O)C(=O)N3)n1C. The molecule has 1 aromatic carbocycles. The van der Waals surface area contributed by atoms with E-state index in [2.05, 4.69) is 31.4 Å². The van der Waals surface area contributed by atoms with Gasteiger partial charge in [-0.25, -0.2) is 0 Å². The van der Waals surface area contributed by atoms with E-state index >= 15 is 0 Å². The van der Waals surface area contributed by atoms with Gasteiger partial charge in [0.25, 0.3) is 5.91 Å². The summed E-state index contributed by atoms with van der Waals surface area (Å²) < 4.78 is 2.69. The highest BCUT2D eigenvalue weighted by Crippen LogP contribution is 2.40. The molecule has 20 heavy (non-hydrogen) atoms. The van der Waals surface area contributed by atoms with E-state index in [1.165, 1.54) is 11.8 Å². The summed E-state index contributed by atoms with van der Waals surface area (Å²) in [6.45, 7) is 1.88. The molecule has 0 radical (unpaired) electrons. The van der Waals surface area contributed by atoms with E-state index in [0.717, 1.165) is 20.3 Å². The highest BCUT2D eigenvalue weighted by Gasteiger charge is 2.29. The van der Waals surface area contributed by atoms with Gasteiger partial charge >= 0.3 is 0 Å². The first-order chi connectivity index (χ1) is 9.47. The van der Waals surface area contributed by atoms with Gasteiger partial charge in [0.2, 0.25) is 0 Å². The number of nitrogens with one attached hydrogen (secondary N) is 1. The Morgan fingerprint density at radius 1 is 1.45 bits per heavy atom. The first-order valence-electron chi connectivity index (χ1n) is 5.83. The van der Waals surface area contributed by atoms with Gasteiger partial charge in [0.15, 0.2) is 11.3 Å². The minimum Gasteiger partial charge on any atom is -0.378 e. The lowest BCUT2D eigenvalue weighted by molar-refractivity contribution is -0.123. The van der Waals surface area contributed by atoms with Crippen LogP contribution in [0.15, 0.2) is 26.7 Å². The molecule has 1 unspecified atom stereocenters. The molecule has 8 heteroatoms. The number of hydrogen-bond donors (Lipinski definition) is 2. The van der Waals surface area contributed by atoms with E-state index in [4.69, 9.17) is 0 Å². The van der Waals surface area contributed by atoms with E-state index < -0.39 is 12.0 Å². The number of aromatic nitrogens is 3. The first kappa shape index (κ1) is 13.6. The van der Waals surface area contributed by atoms with Crippen LogP contribution < -0.4 is 5.32 Å². The number of halogens is 1. The molecule has 0 aliphatic carbocycles. The molecule has 1 aromatic heterocycles. The van der Waals surface area contributed by atoms with E-state index in [-0.39, 0.29) is 0 Å². The Bertz CT molecular complexity index is 716. The van der Waals surface area contributed by atoms with Gasteiger partial charge in [0.1, 0.15) is 5.82 Å². The number of rotatable bonds is 2. The molecule has 0 saturated carbocycles. The number of fused-ring (bicyclic) bond motifs is 1. The summed E-state index contributed by atoms with van der Waals surface area (Å²) >= 11 is 4.90. The molecule has 2 N–H and O–H groups in total. The second-order valence-electron chi connectivity index (χ2n) is 4.45. The molecular weight excluding hydrogens is 344 g/mol. The van der Waals surface area contributed by atoms with Crippen LogP contribution in [-0.4, -0.2) is 25.8 Å². The van der Waals surface area contributed by atoms with Gasteiger partial charge in [0, 0.05) is 27.7 Å². The zero-order chi connectivity index (χ0) is 14.4. The number of carbonyl (C=O) groups excluding carboxylic acids is 1. The average Bonchev–Trinajstić information content (AvgIpc) is 2.86. The van der Waals surface area contributed by atoms with Crippen molar-refractivity contribution in [3.8, 4) is 0 Å². The van der Waals surface area contributed by atoms with Gasteiger partial charge in [-0.2, -0.15) is 0 Å². The largest absolute Gasteiger partial charge is 0.378 e. The number of aliphatic hydroxyl groups excluding tert-OH is 1. The van der Waals surface area contributed by atoms with Gasteiger partial charge in [-0.1, -0.05) is 0 Å². The zero-order valence-electron chi connectivity index (χ0n) is 10.7. The molecule has 2 aromatic rings. The van der Waals surface area contributed by atoms with Crippen molar-refractivity contribution in [3.05, 3.63) is 28.0 Å². The minimum atomic E-state index is -1.10. The summed E-state index contributed by atoms with van der Waals surface area (Å²) in [5.41, 5.74) is 1.22. The van der Waals surface area contributed by atoms with Gasteiger partial charge < -0.3 is 15.0 Å². The van der Waals surface area contributed by atoms with Gasteiger partial charge in [0.05, 0.1) is 0 Å². The van der Waals surface area contributed by atoms with Crippen LogP contribution in [0.5, 0.6) is 0 Å². The maximum Gasteiger partial charge on any atom is 0.257 e. The van der Waals surface area contributed by atoms with E-state index in [9.17, 15) is 9.90 Å². The fraction of sp³-hybridized carbons (Fsp3) is 0.250.